The lowest BCUT2D eigenvalue weighted by Crippen LogP contribution is -2.39. The van der Waals surface area contributed by atoms with Gasteiger partial charge in [0.05, 0.1) is 0 Å². The van der Waals surface area contributed by atoms with Crippen LogP contribution in [0.25, 0.3) is 0 Å². The Morgan fingerprint density at radius 1 is 1.21 bits per heavy atom. The Balaban J connectivity index is 2.72. The molecular weight excluding hydrogens is 184 g/mol. The number of imide groups is 2. The van der Waals surface area contributed by atoms with Crippen LogP contribution in [0.4, 0.5) is 4.79 Å². The van der Waals surface area contributed by atoms with Gasteiger partial charge in [-0.3, -0.25) is 19.8 Å². The predicted molar refractivity (Wildman–Crippen MR) is 49.3 cm³/mol. The molecule has 0 bridgehead atoms. The molecule has 4 amide bonds. The van der Waals surface area contributed by atoms with E-state index in [-0.39, 0.29) is 6.04 Å². The molecule has 0 radical (unpaired) electrons. The molecule has 1 saturated heterocycles. The molecule has 0 aromatic carbocycles. The molecule has 1 unspecified atom stereocenters. The summed E-state index contributed by atoms with van der Waals surface area (Å²) in [5.41, 5.74) is 0. The van der Waals surface area contributed by atoms with Crippen molar-refractivity contribution in [3.8, 4) is 0 Å². The minimum atomic E-state index is -0.828. The fourth-order valence-corrected chi connectivity index (χ4v) is 1.60. The highest BCUT2D eigenvalue weighted by molar-refractivity contribution is 6.44. The third-order valence-electron chi connectivity index (χ3n) is 2.11. The molecule has 1 aliphatic rings. The second-order valence-corrected chi connectivity index (χ2v) is 3.91. The number of rotatable bonds is 3. The normalized spacial score (nSPS) is 19.1. The molecule has 1 fully saturated rings. The summed E-state index contributed by atoms with van der Waals surface area (Å²) in [4.78, 5) is 34.3. The summed E-state index contributed by atoms with van der Waals surface area (Å²) in [7, 11) is 0. The number of nitrogens with one attached hydrogen (secondary N) is 1. The quantitative estimate of drug-likeness (QED) is 0.530. The molecule has 1 atom stereocenters. The number of amides is 4. The van der Waals surface area contributed by atoms with Gasteiger partial charge in [0.1, 0.15) is 0 Å². The molecule has 0 aliphatic carbocycles. The minimum absolute atomic E-state index is 0.228. The van der Waals surface area contributed by atoms with Crippen molar-refractivity contribution in [2.24, 2.45) is 5.92 Å². The molecule has 78 valence electrons. The van der Waals surface area contributed by atoms with Crippen LogP contribution in [-0.2, 0) is 9.59 Å². The van der Waals surface area contributed by atoms with Crippen molar-refractivity contribution in [2.75, 3.05) is 0 Å². The summed E-state index contributed by atoms with van der Waals surface area (Å²) in [6, 6.07) is -0.831. The van der Waals surface area contributed by atoms with E-state index >= 15 is 0 Å². The van der Waals surface area contributed by atoms with Crippen LogP contribution in [0.1, 0.15) is 27.2 Å². The van der Waals surface area contributed by atoms with Crippen molar-refractivity contribution in [1.29, 1.82) is 0 Å². The van der Waals surface area contributed by atoms with Crippen LogP contribution < -0.4 is 5.32 Å². The Labute approximate surface area is 82.4 Å². The van der Waals surface area contributed by atoms with Gasteiger partial charge in [-0.15, -0.1) is 0 Å². The summed E-state index contributed by atoms with van der Waals surface area (Å²) < 4.78 is 0. The average molecular weight is 198 g/mol. The first kappa shape index (κ1) is 10.7. The second-order valence-electron chi connectivity index (χ2n) is 3.91. The largest absolute Gasteiger partial charge is 0.331 e. The summed E-state index contributed by atoms with van der Waals surface area (Å²) >= 11 is 0. The van der Waals surface area contributed by atoms with Gasteiger partial charge in [0.15, 0.2) is 0 Å². The smallest absolute Gasteiger partial charge is 0.269 e. The molecule has 1 N–H and O–H groups in total. The maximum absolute atomic E-state index is 11.2. The Hall–Kier alpha value is -1.39. The molecule has 0 spiro atoms. The van der Waals surface area contributed by atoms with E-state index < -0.39 is 17.8 Å². The summed E-state index contributed by atoms with van der Waals surface area (Å²) in [5.74, 6) is -1.20. The molecule has 0 saturated carbocycles. The first-order valence-corrected chi connectivity index (χ1v) is 4.62. The van der Waals surface area contributed by atoms with Crippen LogP contribution in [0.5, 0.6) is 0 Å². The van der Waals surface area contributed by atoms with E-state index in [1.165, 1.54) is 0 Å². The van der Waals surface area contributed by atoms with Crippen molar-refractivity contribution in [2.45, 2.75) is 33.2 Å². The molecule has 1 aliphatic heterocycles. The monoisotopic (exact) mass is 198 g/mol. The van der Waals surface area contributed by atoms with Gasteiger partial charge < -0.3 is 0 Å². The number of hydrogen-bond donors (Lipinski definition) is 1. The van der Waals surface area contributed by atoms with Gasteiger partial charge in [0.25, 0.3) is 0 Å². The third-order valence-corrected chi connectivity index (χ3v) is 2.11. The first-order chi connectivity index (χ1) is 6.43. The minimum Gasteiger partial charge on any atom is -0.269 e. The van der Waals surface area contributed by atoms with Crippen LogP contribution in [0, 0.1) is 5.92 Å². The highest BCUT2D eigenvalue weighted by atomic mass is 16.2. The fraction of sp³-hybridized carbons (Fsp3) is 0.667. The second kappa shape index (κ2) is 3.77. The lowest BCUT2D eigenvalue weighted by molar-refractivity contribution is -0.141. The van der Waals surface area contributed by atoms with E-state index in [0.717, 1.165) is 4.90 Å². The zero-order valence-electron chi connectivity index (χ0n) is 8.53. The van der Waals surface area contributed by atoms with Crippen LogP contribution >= 0.6 is 0 Å². The lowest BCUT2D eigenvalue weighted by Gasteiger charge is -2.21. The lowest BCUT2D eigenvalue weighted by atomic mass is 10.0. The zero-order chi connectivity index (χ0) is 10.9. The SMILES string of the molecule is CC(C)CC(C)N1C(=O)NC(=O)C1=O. The van der Waals surface area contributed by atoms with Gasteiger partial charge in [-0.25, -0.2) is 4.79 Å². The van der Waals surface area contributed by atoms with Crippen molar-refractivity contribution >= 4 is 17.8 Å². The van der Waals surface area contributed by atoms with Gasteiger partial charge in [-0.05, 0) is 19.3 Å². The third kappa shape index (κ3) is 1.92. The van der Waals surface area contributed by atoms with E-state index in [1.807, 2.05) is 19.2 Å². The van der Waals surface area contributed by atoms with Crippen molar-refractivity contribution in [3.63, 3.8) is 0 Å². The van der Waals surface area contributed by atoms with Gasteiger partial charge in [0.2, 0.25) is 0 Å². The van der Waals surface area contributed by atoms with Crippen LogP contribution in [0.2, 0.25) is 0 Å². The van der Waals surface area contributed by atoms with E-state index in [0.29, 0.717) is 12.3 Å². The highest BCUT2D eigenvalue weighted by Gasteiger charge is 2.39. The Kier molecular flexibility index (Phi) is 2.88. The van der Waals surface area contributed by atoms with Crippen molar-refractivity contribution in [1.82, 2.24) is 10.2 Å². The maximum atomic E-state index is 11.2. The van der Waals surface area contributed by atoms with Crippen LogP contribution in [0.15, 0.2) is 0 Å². The van der Waals surface area contributed by atoms with Crippen molar-refractivity contribution < 1.29 is 14.4 Å². The number of nitrogens with zero attached hydrogens (tertiary/aromatic N) is 1. The Morgan fingerprint density at radius 2 is 1.79 bits per heavy atom. The van der Waals surface area contributed by atoms with E-state index in [9.17, 15) is 14.4 Å². The molecule has 14 heavy (non-hydrogen) atoms. The Morgan fingerprint density at radius 3 is 2.14 bits per heavy atom. The summed E-state index contributed by atoms with van der Waals surface area (Å²) in [5, 5.41) is 1.97. The molecule has 5 nitrogen and oxygen atoms in total. The van der Waals surface area contributed by atoms with E-state index in [2.05, 4.69) is 0 Å². The molecule has 1 heterocycles. The first-order valence-electron chi connectivity index (χ1n) is 4.62. The summed E-state index contributed by atoms with van der Waals surface area (Å²) in [6.07, 6.45) is 0.701. The molecule has 0 aromatic rings. The van der Waals surface area contributed by atoms with Gasteiger partial charge in [-0.2, -0.15) is 0 Å². The molecule has 0 aromatic heterocycles. The highest BCUT2D eigenvalue weighted by Crippen LogP contribution is 2.14. The Bertz CT molecular complexity index is 286. The van der Waals surface area contributed by atoms with Crippen LogP contribution in [0.3, 0.4) is 0 Å². The topological polar surface area (TPSA) is 66.5 Å². The molecule has 5 heteroatoms. The number of carbonyl (C=O) groups excluding carboxylic acids is 3. The number of urea groups is 1. The predicted octanol–water partition coefficient (Wildman–Crippen LogP) is 0.499. The zero-order valence-corrected chi connectivity index (χ0v) is 8.53. The average Bonchev–Trinajstić information content (AvgIpc) is 2.25. The van der Waals surface area contributed by atoms with Crippen LogP contribution in [-0.4, -0.2) is 28.8 Å². The number of carbonyl (C=O) groups is 3. The van der Waals surface area contributed by atoms with Gasteiger partial charge >= 0.3 is 17.8 Å². The fourth-order valence-electron chi connectivity index (χ4n) is 1.60. The molecule has 1 rings (SSSR count). The summed E-state index contributed by atoms with van der Waals surface area (Å²) in [6.45, 7) is 5.75. The number of hydrogen-bond acceptors (Lipinski definition) is 3. The van der Waals surface area contributed by atoms with Gasteiger partial charge in [0, 0.05) is 6.04 Å². The standard InChI is InChI=1S/C9H14N2O3/c1-5(2)4-6(3)11-8(13)7(12)10-9(11)14/h5-6H,4H2,1-3H3,(H,10,12,14). The molecular formula is C9H14N2O3. The van der Waals surface area contributed by atoms with E-state index in [4.69, 9.17) is 0 Å². The van der Waals surface area contributed by atoms with Gasteiger partial charge in [-0.1, -0.05) is 13.8 Å². The van der Waals surface area contributed by atoms with Crippen molar-refractivity contribution in [3.05, 3.63) is 0 Å². The maximum Gasteiger partial charge on any atom is 0.331 e. The van der Waals surface area contributed by atoms with E-state index in [1.54, 1.807) is 6.92 Å².